The van der Waals surface area contributed by atoms with Crippen LogP contribution in [0.15, 0.2) is 48.7 Å². The summed E-state index contributed by atoms with van der Waals surface area (Å²) in [5.74, 6) is 0.302. The summed E-state index contributed by atoms with van der Waals surface area (Å²) >= 11 is 1.53. The Balaban J connectivity index is 1.20. The molecule has 3 N–H and O–H groups in total. The minimum atomic E-state index is -0.268. The number of aromatic amines is 1. The fourth-order valence-electron chi connectivity index (χ4n) is 3.73. The maximum absolute atomic E-state index is 13.5. The molecule has 4 rings (SSSR count). The van der Waals surface area contributed by atoms with Crippen LogP contribution in [0.2, 0.25) is 0 Å². The van der Waals surface area contributed by atoms with Gasteiger partial charge in [0, 0.05) is 41.5 Å². The summed E-state index contributed by atoms with van der Waals surface area (Å²) in [5, 5.41) is 6.60. The van der Waals surface area contributed by atoms with Crippen molar-refractivity contribution in [1.29, 1.82) is 0 Å². The second-order valence-electron chi connectivity index (χ2n) is 7.40. The van der Waals surface area contributed by atoms with E-state index in [2.05, 4.69) is 15.6 Å². The van der Waals surface area contributed by atoms with Crippen LogP contribution < -0.4 is 10.6 Å². The molecule has 156 valence electrons. The van der Waals surface area contributed by atoms with Crippen molar-refractivity contribution < 1.29 is 14.0 Å². The first kappa shape index (κ1) is 20.5. The molecule has 0 fully saturated rings. The molecule has 1 aliphatic heterocycles. The third-order valence-electron chi connectivity index (χ3n) is 5.34. The molecular weight excluding hydrogens is 401 g/mol. The monoisotopic (exact) mass is 425 g/mol. The van der Waals surface area contributed by atoms with Gasteiger partial charge in [0.25, 0.3) is 0 Å². The van der Waals surface area contributed by atoms with Crippen molar-refractivity contribution in [3.05, 3.63) is 65.6 Å². The largest absolute Gasteiger partial charge is 0.361 e. The summed E-state index contributed by atoms with van der Waals surface area (Å²) < 4.78 is 13.5. The van der Waals surface area contributed by atoms with Gasteiger partial charge in [-0.2, -0.15) is 0 Å². The number of fused-ring (bicyclic) bond motifs is 2. The summed E-state index contributed by atoms with van der Waals surface area (Å²) in [7, 11) is 0. The zero-order valence-corrected chi connectivity index (χ0v) is 17.4. The van der Waals surface area contributed by atoms with Crippen LogP contribution in [0.4, 0.5) is 10.1 Å². The number of anilines is 1. The van der Waals surface area contributed by atoms with E-state index >= 15 is 0 Å². The Bertz CT molecular complexity index is 1070. The van der Waals surface area contributed by atoms with E-state index in [0.29, 0.717) is 25.1 Å². The van der Waals surface area contributed by atoms with Crippen molar-refractivity contribution in [2.75, 3.05) is 17.6 Å². The SMILES string of the molecule is O=C(CCS[C@H]1CCc2ccccc2NC1=O)NCCc1c[nH]c2ccc(F)cc12. The zero-order valence-electron chi connectivity index (χ0n) is 16.5. The van der Waals surface area contributed by atoms with Gasteiger partial charge in [0.2, 0.25) is 11.8 Å². The van der Waals surface area contributed by atoms with E-state index in [9.17, 15) is 14.0 Å². The van der Waals surface area contributed by atoms with Crippen LogP contribution in [0, 0.1) is 5.82 Å². The Morgan fingerprint density at radius 2 is 2.10 bits per heavy atom. The van der Waals surface area contributed by atoms with E-state index in [1.165, 1.54) is 23.9 Å². The quantitative estimate of drug-likeness (QED) is 0.535. The van der Waals surface area contributed by atoms with Gasteiger partial charge in [0.15, 0.2) is 0 Å². The molecule has 3 aromatic rings. The molecule has 0 spiro atoms. The number of amides is 2. The lowest BCUT2D eigenvalue weighted by molar-refractivity contribution is -0.120. The van der Waals surface area contributed by atoms with Crippen molar-refractivity contribution in [2.45, 2.75) is 30.9 Å². The molecule has 0 radical (unpaired) electrons. The third-order valence-corrected chi connectivity index (χ3v) is 6.63. The number of carbonyl (C=O) groups is 2. The average molecular weight is 426 g/mol. The highest BCUT2D eigenvalue weighted by Gasteiger charge is 2.23. The summed E-state index contributed by atoms with van der Waals surface area (Å²) in [5.41, 5.74) is 3.91. The van der Waals surface area contributed by atoms with Crippen LogP contribution in [0.3, 0.4) is 0 Å². The number of para-hydroxylation sites is 1. The minimum Gasteiger partial charge on any atom is -0.361 e. The average Bonchev–Trinajstić information content (AvgIpc) is 3.05. The number of hydrogen-bond acceptors (Lipinski definition) is 3. The predicted molar refractivity (Wildman–Crippen MR) is 119 cm³/mol. The third kappa shape index (κ3) is 4.84. The van der Waals surface area contributed by atoms with Crippen LogP contribution in [0.25, 0.3) is 10.9 Å². The molecule has 0 saturated heterocycles. The zero-order chi connectivity index (χ0) is 20.9. The molecule has 0 unspecified atom stereocenters. The number of aromatic nitrogens is 1. The number of carbonyl (C=O) groups excluding carboxylic acids is 2. The highest BCUT2D eigenvalue weighted by atomic mass is 32.2. The summed E-state index contributed by atoms with van der Waals surface area (Å²) in [6, 6.07) is 12.5. The number of nitrogens with one attached hydrogen (secondary N) is 3. The fraction of sp³-hybridized carbons (Fsp3) is 0.304. The molecular formula is C23H24FN3O2S. The van der Waals surface area contributed by atoms with Gasteiger partial charge in [0.1, 0.15) is 5.82 Å². The number of hydrogen-bond donors (Lipinski definition) is 3. The Hall–Kier alpha value is -2.80. The number of rotatable bonds is 7. The molecule has 1 atom stereocenters. The molecule has 0 aliphatic carbocycles. The van der Waals surface area contributed by atoms with Gasteiger partial charge in [0.05, 0.1) is 5.25 Å². The smallest absolute Gasteiger partial charge is 0.237 e. The lowest BCUT2D eigenvalue weighted by Crippen LogP contribution is -2.27. The first-order valence-corrected chi connectivity index (χ1v) is 11.2. The van der Waals surface area contributed by atoms with Gasteiger partial charge in [-0.05, 0) is 54.7 Å². The first-order valence-electron chi connectivity index (χ1n) is 10.1. The Labute approximate surface area is 178 Å². The number of benzene rings is 2. The number of aryl methyl sites for hydroxylation is 1. The number of H-pyrrole nitrogens is 1. The van der Waals surface area contributed by atoms with Crippen molar-refractivity contribution in [3.63, 3.8) is 0 Å². The second-order valence-corrected chi connectivity index (χ2v) is 8.71. The van der Waals surface area contributed by atoms with Gasteiger partial charge < -0.3 is 15.6 Å². The molecule has 30 heavy (non-hydrogen) atoms. The molecule has 7 heteroatoms. The predicted octanol–water partition coefficient (Wildman–Crippen LogP) is 4.04. The van der Waals surface area contributed by atoms with E-state index in [4.69, 9.17) is 0 Å². The summed E-state index contributed by atoms with van der Waals surface area (Å²) in [4.78, 5) is 27.7. The Morgan fingerprint density at radius 3 is 3.00 bits per heavy atom. The summed E-state index contributed by atoms with van der Waals surface area (Å²) in [6.45, 7) is 0.492. The van der Waals surface area contributed by atoms with Crippen LogP contribution in [0.5, 0.6) is 0 Å². The lowest BCUT2D eigenvalue weighted by atomic mass is 10.1. The van der Waals surface area contributed by atoms with E-state index in [1.807, 2.05) is 30.5 Å². The van der Waals surface area contributed by atoms with Crippen LogP contribution in [0.1, 0.15) is 24.0 Å². The van der Waals surface area contributed by atoms with Gasteiger partial charge in [-0.25, -0.2) is 4.39 Å². The molecule has 0 bridgehead atoms. The summed E-state index contributed by atoms with van der Waals surface area (Å²) in [6.07, 6.45) is 4.47. The van der Waals surface area contributed by atoms with Crippen molar-refractivity contribution >= 4 is 40.2 Å². The molecule has 5 nitrogen and oxygen atoms in total. The van der Waals surface area contributed by atoms with E-state index in [0.717, 1.165) is 40.6 Å². The van der Waals surface area contributed by atoms with Gasteiger partial charge in [-0.3, -0.25) is 9.59 Å². The Kier molecular flexibility index (Phi) is 6.38. The number of halogens is 1. The molecule has 2 amide bonds. The first-order chi connectivity index (χ1) is 14.6. The van der Waals surface area contributed by atoms with Crippen molar-refractivity contribution in [2.24, 2.45) is 0 Å². The van der Waals surface area contributed by atoms with E-state index in [1.54, 1.807) is 6.07 Å². The normalized spacial score (nSPS) is 16.0. The van der Waals surface area contributed by atoms with Crippen molar-refractivity contribution in [3.8, 4) is 0 Å². The van der Waals surface area contributed by atoms with Gasteiger partial charge in [-0.1, -0.05) is 18.2 Å². The lowest BCUT2D eigenvalue weighted by Gasteiger charge is -2.12. The van der Waals surface area contributed by atoms with Gasteiger partial charge >= 0.3 is 0 Å². The number of thioether (sulfide) groups is 1. The fourth-order valence-corrected chi connectivity index (χ4v) is 4.81. The molecule has 1 aliphatic rings. The standard InChI is InChI=1S/C23H24FN3O2S/c24-17-6-7-20-18(13-17)16(14-26-20)9-11-25-22(28)10-12-30-21-8-5-15-3-1-2-4-19(15)27-23(21)29/h1-4,6-7,13-14,21,26H,5,8-12H2,(H,25,28)(H,27,29)/t21-/m0/s1. The van der Waals surface area contributed by atoms with E-state index in [-0.39, 0.29) is 22.9 Å². The Morgan fingerprint density at radius 1 is 1.23 bits per heavy atom. The maximum atomic E-state index is 13.5. The highest BCUT2D eigenvalue weighted by Crippen LogP contribution is 2.27. The molecule has 0 saturated carbocycles. The second kappa shape index (κ2) is 9.34. The van der Waals surface area contributed by atoms with Crippen LogP contribution >= 0.6 is 11.8 Å². The van der Waals surface area contributed by atoms with Crippen LogP contribution in [-0.4, -0.2) is 34.3 Å². The molecule has 1 aromatic heterocycles. The minimum absolute atomic E-state index is 0.0110. The van der Waals surface area contributed by atoms with E-state index < -0.39 is 0 Å². The van der Waals surface area contributed by atoms with Crippen molar-refractivity contribution in [1.82, 2.24) is 10.3 Å². The van der Waals surface area contributed by atoms with Gasteiger partial charge in [-0.15, -0.1) is 11.8 Å². The molecule has 2 aromatic carbocycles. The topological polar surface area (TPSA) is 74.0 Å². The molecule has 2 heterocycles. The maximum Gasteiger partial charge on any atom is 0.237 e. The highest BCUT2D eigenvalue weighted by molar-refractivity contribution is 8.00. The van der Waals surface area contributed by atoms with Crippen LogP contribution in [-0.2, 0) is 22.4 Å².